The van der Waals surface area contributed by atoms with Crippen molar-refractivity contribution in [2.75, 3.05) is 5.32 Å². The number of carbonyl (C=O) groups excluding carboxylic acids is 1. The number of nitrogens with zero attached hydrogens (tertiary/aromatic N) is 1. The maximum Gasteiger partial charge on any atom is 0.248 e. The van der Waals surface area contributed by atoms with Crippen molar-refractivity contribution in [2.45, 2.75) is 6.92 Å². The molecular weight excluding hydrogens is 423 g/mol. The lowest BCUT2D eigenvalue weighted by Crippen LogP contribution is -2.07. The Kier molecular flexibility index (Phi) is 5.67. The van der Waals surface area contributed by atoms with Crippen molar-refractivity contribution in [1.82, 2.24) is 4.98 Å². The summed E-state index contributed by atoms with van der Waals surface area (Å²) < 4.78 is 1.17. The van der Waals surface area contributed by atoms with Crippen molar-refractivity contribution in [1.29, 1.82) is 0 Å². The molecule has 1 heterocycles. The molecule has 0 radical (unpaired) electrons. The molecule has 0 saturated carbocycles. The molecule has 4 aromatic rings. The molecule has 3 aromatic carbocycles. The summed E-state index contributed by atoms with van der Waals surface area (Å²) >= 11 is 13.9. The van der Waals surface area contributed by atoms with Gasteiger partial charge in [0.1, 0.15) is 5.01 Å². The first-order valence-electron chi connectivity index (χ1n) is 8.90. The lowest BCUT2D eigenvalue weighted by Gasteiger charge is -2.04. The number of halogens is 2. The second-order valence-electron chi connectivity index (χ2n) is 6.53. The third-order valence-corrected chi connectivity index (χ3v) is 6.07. The lowest BCUT2D eigenvalue weighted by atomic mass is 10.2. The summed E-state index contributed by atoms with van der Waals surface area (Å²) in [7, 11) is 0. The quantitative estimate of drug-likeness (QED) is 0.341. The zero-order valence-corrected chi connectivity index (χ0v) is 17.8. The number of amides is 1. The van der Waals surface area contributed by atoms with Gasteiger partial charge in [-0.25, -0.2) is 4.98 Å². The fraction of sp³-hybridized carbons (Fsp3) is 0.0435. The minimum Gasteiger partial charge on any atom is -0.323 e. The van der Waals surface area contributed by atoms with Gasteiger partial charge in [-0.15, -0.1) is 11.3 Å². The summed E-state index contributed by atoms with van der Waals surface area (Å²) in [4.78, 5) is 16.9. The predicted octanol–water partition coefficient (Wildman–Crippen LogP) is 7.23. The van der Waals surface area contributed by atoms with Gasteiger partial charge < -0.3 is 5.32 Å². The van der Waals surface area contributed by atoms with Gasteiger partial charge in [-0.2, -0.15) is 0 Å². The minimum absolute atomic E-state index is 0.260. The Hall–Kier alpha value is -2.66. The van der Waals surface area contributed by atoms with E-state index in [2.05, 4.69) is 29.4 Å². The van der Waals surface area contributed by atoms with Gasteiger partial charge in [-0.05, 0) is 67.1 Å². The van der Waals surface area contributed by atoms with Crippen LogP contribution in [0.4, 0.5) is 5.69 Å². The summed E-state index contributed by atoms with van der Waals surface area (Å²) in [6.07, 6.45) is 3.02. The third-order valence-electron chi connectivity index (χ3n) is 4.34. The van der Waals surface area contributed by atoms with Crippen molar-refractivity contribution in [3.8, 4) is 10.6 Å². The third kappa shape index (κ3) is 4.51. The first-order valence-corrected chi connectivity index (χ1v) is 10.5. The Morgan fingerprint density at radius 1 is 1.03 bits per heavy atom. The van der Waals surface area contributed by atoms with Gasteiger partial charge in [0.2, 0.25) is 5.91 Å². The molecule has 0 saturated heterocycles. The van der Waals surface area contributed by atoms with Gasteiger partial charge in [0, 0.05) is 32.9 Å². The monoisotopic (exact) mass is 438 g/mol. The van der Waals surface area contributed by atoms with Gasteiger partial charge in [0.15, 0.2) is 0 Å². The maximum absolute atomic E-state index is 12.2. The van der Waals surface area contributed by atoms with E-state index in [9.17, 15) is 4.79 Å². The average Bonchev–Trinajstić information content (AvgIpc) is 3.11. The number of anilines is 1. The topological polar surface area (TPSA) is 42.0 Å². The van der Waals surface area contributed by atoms with Crippen LogP contribution in [0.1, 0.15) is 11.1 Å². The summed E-state index contributed by atoms with van der Waals surface area (Å²) in [5.41, 5.74) is 4.55. The molecule has 0 unspecified atom stereocenters. The number of hydrogen-bond acceptors (Lipinski definition) is 3. The van der Waals surface area contributed by atoms with E-state index < -0.39 is 0 Å². The molecule has 0 aliphatic heterocycles. The molecule has 0 bridgehead atoms. The molecule has 1 aromatic heterocycles. The Morgan fingerprint density at radius 2 is 1.76 bits per heavy atom. The maximum atomic E-state index is 12.2. The molecule has 0 aliphatic carbocycles. The Labute approximate surface area is 182 Å². The van der Waals surface area contributed by atoms with Crippen LogP contribution < -0.4 is 5.32 Å². The Morgan fingerprint density at radius 3 is 2.48 bits per heavy atom. The van der Waals surface area contributed by atoms with Crippen molar-refractivity contribution in [2.24, 2.45) is 0 Å². The molecule has 0 aliphatic rings. The first-order chi connectivity index (χ1) is 14.0. The standard InChI is InChI=1S/C23H16Cl2N2OS/c1-14-5-11-20-21(13-14)29-23(27-20)15-6-8-16(9-7-15)26-22(28)12-10-17-18(24)3-2-4-19(17)25/h2-13H,1H3,(H,26,28). The summed E-state index contributed by atoms with van der Waals surface area (Å²) in [6, 6.07) is 19.1. The van der Waals surface area contributed by atoms with E-state index in [0.717, 1.165) is 16.1 Å². The highest BCUT2D eigenvalue weighted by Gasteiger charge is 2.07. The van der Waals surface area contributed by atoms with E-state index in [-0.39, 0.29) is 5.91 Å². The molecule has 4 rings (SSSR count). The van der Waals surface area contributed by atoms with Crippen LogP contribution in [0.3, 0.4) is 0 Å². The number of benzene rings is 3. The largest absolute Gasteiger partial charge is 0.323 e. The van der Waals surface area contributed by atoms with E-state index >= 15 is 0 Å². The lowest BCUT2D eigenvalue weighted by molar-refractivity contribution is -0.111. The molecule has 0 fully saturated rings. The zero-order valence-electron chi connectivity index (χ0n) is 15.4. The fourth-order valence-electron chi connectivity index (χ4n) is 2.86. The number of rotatable bonds is 4. The van der Waals surface area contributed by atoms with Crippen LogP contribution in [0.25, 0.3) is 26.9 Å². The van der Waals surface area contributed by atoms with Gasteiger partial charge in [0.05, 0.1) is 10.2 Å². The number of nitrogens with one attached hydrogen (secondary N) is 1. The molecule has 0 spiro atoms. The average molecular weight is 439 g/mol. The summed E-state index contributed by atoms with van der Waals surface area (Å²) in [6.45, 7) is 2.07. The fourth-order valence-corrected chi connectivity index (χ4v) is 4.46. The van der Waals surface area contributed by atoms with E-state index in [1.54, 1.807) is 35.6 Å². The highest BCUT2D eigenvalue weighted by atomic mass is 35.5. The van der Waals surface area contributed by atoms with Gasteiger partial charge in [0.25, 0.3) is 0 Å². The normalized spacial score (nSPS) is 11.3. The number of carbonyl (C=O) groups is 1. The van der Waals surface area contributed by atoms with E-state index in [1.165, 1.54) is 16.3 Å². The van der Waals surface area contributed by atoms with E-state index in [1.807, 2.05) is 30.3 Å². The number of hydrogen-bond donors (Lipinski definition) is 1. The number of fused-ring (bicyclic) bond motifs is 1. The van der Waals surface area contributed by atoms with Gasteiger partial charge in [-0.1, -0.05) is 35.3 Å². The van der Waals surface area contributed by atoms with Crippen LogP contribution in [-0.2, 0) is 4.79 Å². The molecule has 29 heavy (non-hydrogen) atoms. The van der Waals surface area contributed by atoms with Crippen molar-refractivity contribution in [3.63, 3.8) is 0 Å². The van der Waals surface area contributed by atoms with Crippen LogP contribution in [0.15, 0.2) is 66.7 Å². The number of aromatic nitrogens is 1. The van der Waals surface area contributed by atoms with E-state index in [0.29, 0.717) is 21.3 Å². The van der Waals surface area contributed by atoms with Crippen LogP contribution >= 0.6 is 34.5 Å². The Balaban J connectivity index is 1.47. The highest BCUT2D eigenvalue weighted by molar-refractivity contribution is 7.21. The van der Waals surface area contributed by atoms with Gasteiger partial charge >= 0.3 is 0 Å². The van der Waals surface area contributed by atoms with Crippen LogP contribution in [0.2, 0.25) is 10.0 Å². The van der Waals surface area contributed by atoms with Crippen molar-refractivity contribution in [3.05, 3.63) is 87.9 Å². The summed E-state index contributed by atoms with van der Waals surface area (Å²) in [5.74, 6) is -0.260. The SMILES string of the molecule is Cc1ccc2nc(-c3ccc(NC(=O)C=Cc4c(Cl)cccc4Cl)cc3)sc2c1. The second-order valence-corrected chi connectivity index (χ2v) is 8.37. The molecule has 1 amide bonds. The molecule has 6 heteroatoms. The number of aryl methyl sites for hydroxylation is 1. The predicted molar refractivity (Wildman–Crippen MR) is 124 cm³/mol. The molecule has 144 valence electrons. The summed E-state index contributed by atoms with van der Waals surface area (Å²) in [5, 5.41) is 4.78. The van der Waals surface area contributed by atoms with Gasteiger partial charge in [-0.3, -0.25) is 4.79 Å². The minimum atomic E-state index is -0.260. The molecule has 1 N–H and O–H groups in total. The van der Waals surface area contributed by atoms with Crippen LogP contribution in [0, 0.1) is 6.92 Å². The molecule has 0 atom stereocenters. The van der Waals surface area contributed by atoms with E-state index in [4.69, 9.17) is 23.2 Å². The van der Waals surface area contributed by atoms with Crippen LogP contribution in [0.5, 0.6) is 0 Å². The first kappa shape index (κ1) is 19.6. The number of thiazole rings is 1. The molecule has 3 nitrogen and oxygen atoms in total. The Bertz CT molecular complexity index is 1210. The highest BCUT2D eigenvalue weighted by Crippen LogP contribution is 2.31. The molecular formula is C23H16Cl2N2OS. The smallest absolute Gasteiger partial charge is 0.248 e. The zero-order chi connectivity index (χ0) is 20.4. The van der Waals surface area contributed by atoms with Crippen molar-refractivity contribution < 1.29 is 4.79 Å². The second kappa shape index (κ2) is 8.37. The van der Waals surface area contributed by atoms with Crippen LogP contribution in [-0.4, -0.2) is 10.9 Å². The van der Waals surface area contributed by atoms with Crippen molar-refractivity contribution >= 4 is 62.4 Å².